The summed E-state index contributed by atoms with van der Waals surface area (Å²) in [5, 5.41) is 8.05. The van der Waals surface area contributed by atoms with Crippen LogP contribution in [0.25, 0.3) is 0 Å². The Labute approximate surface area is 75.0 Å². The predicted octanol–water partition coefficient (Wildman–Crippen LogP) is -0.268. The Morgan fingerprint density at radius 1 is 1.50 bits per heavy atom. The van der Waals surface area contributed by atoms with Crippen LogP contribution in [-0.2, 0) is 36.6 Å². The van der Waals surface area contributed by atoms with Crippen molar-refractivity contribution in [3.63, 3.8) is 0 Å². The molecule has 0 amide bonds. The zero-order valence-electron chi connectivity index (χ0n) is 5.59. The van der Waals surface area contributed by atoms with Crippen molar-refractivity contribution in [2.45, 2.75) is 0 Å². The van der Waals surface area contributed by atoms with E-state index in [1.54, 1.807) is 0 Å². The second-order valence-electron chi connectivity index (χ2n) is 1.44. The number of hydrogen-bond donors (Lipinski definition) is 1. The van der Waals surface area contributed by atoms with Gasteiger partial charge in [0, 0.05) is 29.5 Å². The van der Waals surface area contributed by atoms with E-state index in [4.69, 9.17) is 5.11 Å². The van der Waals surface area contributed by atoms with Gasteiger partial charge < -0.3 is 14.6 Å². The predicted molar refractivity (Wildman–Crippen MR) is 30.3 cm³/mol. The molecule has 5 heteroatoms. The second kappa shape index (κ2) is 9.13. The molecule has 0 aliphatic rings. The molecule has 65 valence electrons. The van der Waals surface area contributed by atoms with Crippen LogP contribution in [0.1, 0.15) is 0 Å². The van der Waals surface area contributed by atoms with Crippen LogP contribution in [0.5, 0.6) is 0 Å². The molecule has 0 aromatic carbocycles. The minimum Gasteiger partial charge on any atom is -0.480 e. The summed E-state index contributed by atoms with van der Waals surface area (Å²) in [6.07, 6.45) is 0. The summed E-state index contributed by atoms with van der Waals surface area (Å²) in [5.41, 5.74) is 0. The monoisotopic (exact) mass is 241 g/mol. The maximum absolute atomic E-state index is 9.80. The van der Waals surface area contributed by atoms with Crippen LogP contribution < -0.4 is 0 Å². The van der Waals surface area contributed by atoms with E-state index in [1.807, 2.05) is 0 Å². The van der Waals surface area contributed by atoms with Crippen LogP contribution in [0.4, 0.5) is 0 Å². The fourth-order valence-corrected chi connectivity index (χ4v) is 0.302. The van der Waals surface area contributed by atoms with E-state index in [2.05, 4.69) is 9.47 Å². The summed E-state index contributed by atoms with van der Waals surface area (Å²) >= 11 is 0. The van der Waals surface area contributed by atoms with Crippen molar-refractivity contribution in [3.05, 3.63) is 0 Å². The van der Waals surface area contributed by atoms with Crippen molar-refractivity contribution in [2.24, 2.45) is 0 Å². The molecule has 0 bridgehead atoms. The molecule has 1 N–H and O–H groups in total. The van der Waals surface area contributed by atoms with E-state index in [-0.39, 0.29) is 29.0 Å². The van der Waals surface area contributed by atoms with E-state index in [0.29, 0.717) is 13.2 Å². The molecule has 10 heavy (non-hydrogen) atoms. The number of methoxy groups -OCH3 is 1. The average Bonchev–Trinajstić information content (AvgIpc) is 1.80. The van der Waals surface area contributed by atoms with Gasteiger partial charge in [-0.3, -0.25) is 0 Å². The number of hydrogen-bond acceptors (Lipinski definition) is 3. The minimum absolute atomic E-state index is 0. The third-order valence-electron chi connectivity index (χ3n) is 0.657. The zero-order valence-corrected chi connectivity index (χ0v) is 7.08. The molecule has 0 fully saturated rings. The Hall–Kier alpha value is 0.130. The Morgan fingerprint density at radius 3 is 2.50 bits per heavy atom. The fraction of sp³-hybridized carbons (Fsp3) is 0.800. The largest absolute Gasteiger partial charge is 0.480 e. The first-order valence-corrected chi connectivity index (χ1v) is 2.56. The van der Waals surface area contributed by atoms with Gasteiger partial charge in [0.1, 0.15) is 6.61 Å². The molecule has 0 saturated heterocycles. The maximum atomic E-state index is 9.80. The van der Waals surface area contributed by atoms with Crippen LogP contribution in [0, 0.1) is 0 Å². The van der Waals surface area contributed by atoms with E-state index in [9.17, 15) is 4.79 Å². The molecule has 0 aromatic rings. The van der Waals surface area contributed by atoms with Gasteiger partial charge in [-0.15, -0.1) is 0 Å². The van der Waals surface area contributed by atoms with Gasteiger partial charge in [-0.1, -0.05) is 0 Å². The number of aliphatic carboxylic acids is 1. The normalized spacial score (nSPS) is 8.50. The first kappa shape index (κ1) is 12.8. The molecule has 0 rings (SSSR count). The van der Waals surface area contributed by atoms with Gasteiger partial charge in [-0.05, 0) is 0 Å². The number of rotatable bonds is 5. The van der Waals surface area contributed by atoms with Crippen LogP contribution >= 0.6 is 0 Å². The van der Waals surface area contributed by atoms with E-state index >= 15 is 0 Å². The van der Waals surface area contributed by atoms with Crippen molar-refractivity contribution in [2.75, 3.05) is 26.9 Å². The molecule has 0 heterocycles. The first-order valence-electron chi connectivity index (χ1n) is 2.56. The molecule has 0 spiro atoms. The van der Waals surface area contributed by atoms with Gasteiger partial charge in [0.15, 0.2) is 0 Å². The summed E-state index contributed by atoms with van der Waals surface area (Å²) in [6.45, 7) is 0.527. The second-order valence-corrected chi connectivity index (χ2v) is 1.44. The number of ether oxygens (including phenoxy) is 2. The van der Waals surface area contributed by atoms with Crippen molar-refractivity contribution in [1.82, 2.24) is 0 Å². The van der Waals surface area contributed by atoms with Crippen LogP contribution in [-0.4, -0.2) is 38.0 Å². The minimum atomic E-state index is -0.953. The van der Waals surface area contributed by atoms with Crippen LogP contribution in [0.3, 0.4) is 0 Å². The SMILES string of the molecule is COCCOCC(=O)O.[Ag]. The molecule has 1 radical (unpaired) electrons. The van der Waals surface area contributed by atoms with Crippen molar-refractivity contribution in [1.29, 1.82) is 0 Å². The molecule has 0 aliphatic carbocycles. The number of carboxylic acid groups (broad SMARTS) is 1. The molecule has 4 nitrogen and oxygen atoms in total. The number of carboxylic acids is 1. The van der Waals surface area contributed by atoms with E-state index in [0.717, 1.165) is 0 Å². The molecule has 0 unspecified atom stereocenters. The van der Waals surface area contributed by atoms with E-state index < -0.39 is 5.97 Å². The third-order valence-corrected chi connectivity index (χ3v) is 0.657. The van der Waals surface area contributed by atoms with Gasteiger partial charge in [0.05, 0.1) is 13.2 Å². The molecule has 0 atom stereocenters. The maximum Gasteiger partial charge on any atom is 0.329 e. The Kier molecular flexibility index (Phi) is 11.7. The van der Waals surface area contributed by atoms with Gasteiger partial charge in [0.2, 0.25) is 0 Å². The molecule has 0 aliphatic heterocycles. The zero-order chi connectivity index (χ0) is 7.11. The molecule has 0 saturated carbocycles. The van der Waals surface area contributed by atoms with Gasteiger partial charge >= 0.3 is 5.97 Å². The van der Waals surface area contributed by atoms with Crippen molar-refractivity contribution >= 4 is 5.97 Å². The van der Waals surface area contributed by atoms with Gasteiger partial charge in [-0.25, -0.2) is 4.79 Å². The average molecular weight is 242 g/mol. The van der Waals surface area contributed by atoms with Crippen LogP contribution in [0.15, 0.2) is 0 Å². The Morgan fingerprint density at radius 2 is 2.10 bits per heavy atom. The smallest absolute Gasteiger partial charge is 0.329 e. The van der Waals surface area contributed by atoms with Crippen molar-refractivity contribution < 1.29 is 41.8 Å². The summed E-state index contributed by atoms with van der Waals surface area (Å²) in [7, 11) is 1.53. The van der Waals surface area contributed by atoms with Gasteiger partial charge in [-0.2, -0.15) is 0 Å². The summed E-state index contributed by atoms with van der Waals surface area (Å²) < 4.78 is 9.22. The topological polar surface area (TPSA) is 55.8 Å². The quantitative estimate of drug-likeness (QED) is 0.532. The third kappa shape index (κ3) is 11.0. The standard InChI is InChI=1S/C5H10O4.Ag/c1-8-2-3-9-4-5(6)7;/h2-4H2,1H3,(H,6,7);. The molecular weight excluding hydrogens is 232 g/mol. The Balaban J connectivity index is 0. The summed E-state index contributed by atoms with van der Waals surface area (Å²) in [4.78, 5) is 9.80. The first-order chi connectivity index (χ1) is 4.27. The summed E-state index contributed by atoms with van der Waals surface area (Å²) in [5.74, 6) is -0.953. The number of carbonyl (C=O) groups is 1. The fourth-order valence-electron chi connectivity index (χ4n) is 0.302. The Bertz CT molecular complexity index is 85.7. The molecule has 0 aromatic heterocycles. The van der Waals surface area contributed by atoms with E-state index in [1.165, 1.54) is 7.11 Å². The van der Waals surface area contributed by atoms with Crippen molar-refractivity contribution in [3.8, 4) is 0 Å². The molecular formula is C5H10AgO4. The summed E-state index contributed by atoms with van der Waals surface area (Å²) in [6, 6.07) is 0. The van der Waals surface area contributed by atoms with Gasteiger partial charge in [0.25, 0.3) is 0 Å². The van der Waals surface area contributed by atoms with Crippen LogP contribution in [0.2, 0.25) is 0 Å².